The van der Waals surface area contributed by atoms with Crippen molar-refractivity contribution in [1.29, 1.82) is 0 Å². The summed E-state index contributed by atoms with van der Waals surface area (Å²) < 4.78 is 18.7. The molecule has 0 saturated heterocycles. The summed E-state index contributed by atoms with van der Waals surface area (Å²) in [5.74, 6) is -0.521. The van der Waals surface area contributed by atoms with E-state index in [9.17, 15) is 19.3 Å². The molecule has 0 amide bonds. The highest BCUT2D eigenvalue weighted by molar-refractivity contribution is 9.10. The van der Waals surface area contributed by atoms with Crippen molar-refractivity contribution >= 4 is 38.7 Å². The fourth-order valence-electron chi connectivity index (χ4n) is 1.40. The Hall–Kier alpha value is -1.80. The lowest BCUT2D eigenvalue weighted by Gasteiger charge is -2.04. The molecule has 1 aromatic heterocycles. The zero-order valence-corrected chi connectivity index (χ0v) is 12.5. The fourth-order valence-corrected chi connectivity index (χ4v) is 2.71. The van der Waals surface area contributed by atoms with E-state index in [0.717, 1.165) is 11.3 Å². The highest BCUT2D eigenvalue weighted by atomic mass is 79.9. The number of ether oxygens (including phenoxy) is 1. The van der Waals surface area contributed by atoms with Gasteiger partial charge in [0.25, 0.3) is 5.06 Å². The van der Waals surface area contributed by atoms with Gasteiger partial charge in [0, 0.05) is 6.07 Å². The van der Waals surface area contributed by atoms with Crippen LogP contribution in [0.2, 0.25) is 0 Å². The van der Waals surface area contributed by atoms with Gasteiger partial charge < -0.3 is 4.74 Å². The summed E-state index contributed by atoms with van der Waals surface area (Å²) in [6.45, 7) is 1.31. The number of hydrogen-bond acceptors (Lipinski definition) is 5. The number of Topliss-reactive ketones (excluding diaryl/α,β-unsaturated/α-hetero) is 1. The van der Waals surface area contributed by atoms with Crippen molar-refractivity contribution in [2.45, 2.75) is 6.92 Å². The van der Waals surface area contributed by atoms with Crippen molar-refractivity contribution in [2.75, 3.05) is 0 Å². The van der Waals surface area contributed by atoms with E-state index < -0.39 is 10.7 Å². The smallest absolute Gasteiger partial charge is 0.323 e. The molecule has 0 N–H and O–H groups in total. The van der Waals surface area contributed by atoms with E-state index in [1.54, 1.807) is 0 Å². The summed E-state index contributed by atoms with van der Waals surface area (Å²) in [4.78, 5) is 21.8. The van der Waals surface area contributed by atoms with Crippen molar-refractivity contribution in [1.82, 2.24) is 0 Å². The van der Waals surface area contributed by atoms with Gasteiger partial charge in [-0.05, 0) is 41.1 Å². The second-order valence-electron chi connectivity index (χ2n) is 3.77. The second-order valence-corrected chi connectivity index (χ2v) is 5.64. The zero-order valence-electron chi connectivity index (χ0n) is 10.1. The normalized spacial score (nSPS) is 10.3. The Morgan fingerprint density at radius 1 is 1.45 bits per heavy atom. The van der Waals surface area contributed by atoms with Crippen molar-refractivity contribution in [2.24, 2.45) is 0 Å². The first kappa shape index (κ1) is 14.6. The van der Waals surface area contributed by atoms with Gasteiger partial charge in [-0.1, -0.05) is 11.3 Å². The monoisotopic (exact) mass is 359 g/mol. The van der Waals surface area contributed by atoms with Crippen LogP contribution in [-0.4, -0.2) is 10.7 Å². The van der Waals surface area contributed by atoms with Gasteiger partial charge in [-0.2, -0.15) is 0 Å². The molecule has 0 fully saturated rings. The van der Waals surface area contributed by atoms with Gasteiger partial charge >= 0.3 is 5.69 Å². The van der Waals surface area contributed by atoms with E-state index in [2.05, 4.69) is 15.9 Å². The number of benzene rings is 1. The minimum absolute atomic E-state index is 0.0208. The lowest BCUT2D eigenvalue weighted by Crippen LogP contribution is -1.90. The minimum Gasteiger partial charge on any atom is -0.439 e. The molecule has 1 aromatic carbocycles. The lowest BCUT2D eigenvalue weighted by molar-refractivity contribution is -0.385. The van der Waals surface area contributed by atoms with Gasteiger partial charge in [0.1, 0.15) is 11.6 Å². The molecule has 2 aromatic rings. The molecule has 5 nitrogen and oxygen atoms in total. The summed E-state index contributed by atoms with van der Waals surface area (Å²) >= 11 is 3.98. The fraction of sp³-hybridized carbons (Fsp3) is 0.0833. The maximum Gasteiger partial charge on any atom is 0.323 e. The van der Waals surface area contributed by atoms with Crippen LogP contribution in [0, 0.1) is 15.9 Å². The van der Waals surface area contributed by atoms with Gasteiger partial charge in [0.15, 0.2) is 5.78 Å². The molecule has 2 rings (SSSR count). The van der Waals surface area contributed by atoms with Crippen LogP contribution < -0.4 is 4.74 Å². The molecule has 0 aliphatic rings. The van der Waals surface area contributed by atoms with Crippen molar-refractivity contribution < 1.29 is 18.8 Å². The molecule has 0 bridgehead atoms. The average molecular weight is 360 g/mol. The number of halogens is 2. The number of rotatable bonds is 4. The molecule has 0 atom stereocenters. The topological polar surface area (TPSA) is 69.4 Å². The Kier molecular flexibility index (Phi) is 4.15. The maximum absolute atomic E-state index is 13.0. The van der Waals surface area contributed by atoms with E-state index in [1.807, 2.05) is 0 Å². The van der Waals surface area contributed by atoms with Gasteiger partial charge in [-0.25, -0.2) is 4.39 Å². The lowest BCUT2D eigenvalue weighted by atomic mass is 10.3. The third-order valence-electron chi connectivity index (χ3n) is 2.32. The Balaban J connectivity index is 2.42. The van der Waals surface area contributed by atoms with E-state index in [0.29, 0.717) is 4.47 Å². The SMILES string of the molecule is CC(=O)c1cc([N+](=O)[O-])c(Oc2ccc(F)cc2Br)s1. The molecule has 1 heterocycles. The van der Waals surface area contributed by atoms with Crippen LogP contribution in [0.25, 0.3) is 0 Å². The molecule has 0 spiro atoms. The van der Waals surface area contributed by atoms with Crippen LogP contribution in [0.15, 0.2) is 28.7 Å². The Morgan fingerprint density at radius 2 is 2.15 bits per heavy atom. The summed E-state index contributed by atoms with van der Waals surface area (Å²) in [6.07, 6.45) is 0. The third-order valence-corrected chi connectivity index (χ3v) is 4.04. The molecule has 0 aliphatic carbocycles. The first-order valence-electron chi connectivity index (χ1n) is 5.30. The number of carbonyl (C=O) groups excluding carboxylic acids is 1. The molecule has 0 aliphatic heterocycles. The van der Waals surface area contributed by atoms with Crippen LogP contribution >= 0.6 is 27.3 Å². The molecule has 104 valence electrons. The van der Waals surface area contributed by atoms with Crippen LogP contribution in [0.5, 0.6) is 10.8 Å². The van der Waals surface area contributed by atoms with E-state index in [-0.39, 0.29) is 27.2 Å². The zero-order chi connectivity index (χ0) is 14.9. The summed E-state index contributed by atoms with van der Waals surface area (Å²) in [5, 5.41) is 10.9. The molecular formula is C12H7BrFNO4S. The summed E-state index contributed by atoms with van der Waals surface area (Å²) in [7, 11) is 0. The Morgan fingerprint density at radius 3 is 2.70 bits per heavy atom. The van der Waals surface area contributed by atoms with Crippen molar-refractivity contribution in [3.05, 3.63) is 49.5 Å². The first-order valence-corrected chi connectivity index (χ1v) is 6.91. The third kappa shape index (κ3) is 3.02. The molecule has 20 heavy (non-hydrogen) atoms. The summed E-state index contributed by atoms with van der Waals surface area (Å²) in [6, 6.07) is 4.86. The highest BCUT2D eigenvalue weighted by Crippen LogP contribution is 2.41. The number of ketones is 1. The minimum atomic E-state index is -0.629. The van der Waals surface area contributed by atoms with Crippen LogP contribution in [0.4, 0.5) is 10.1 Å². The number of nitro groups is 1. The van der Waals surface area contributed by atoms with E-state index in [1.165, 1.54) is 31.2 Å². The van der Waals surface area contributed by atoms with E-state index in [4.69, 9.17) is 4.74 Å². The standard InChI is InChI=1S/C12H7BrFNO4S/c1-6(16)11-5-9(15(17)18)12(20-11)19-10-3-2-7(14)4-8(10)13/h2-5H,1H3. The quantitative estimate of drug-likeness (QED) is 0.456. The maximum atomic E-state index is 13.0. The molecule has 0 unspecified atom stereocenters. The predicted molar refractivity (Wildman–Crippen MR) is 75.2 cm³/mol. The Bertz CT molecular complexity index is 701. The number of nitrogens with zero attached hydrogens (tertiary/aromatic N) is 1. The number of thiophene rings is 1. The number of hydrogen-bond donors (Lipinski definition) is 0. The van der Waals surface area contributed by atoms with Gasteiger partial charge in [-0.15, -0.1) is 0 Å². The Labute approximate surface area is 125 Å². The second kappa shape index (κ2) is 5.68. The van der Waals surface area contributed by atoms with Crippen LogP contribution in [0.1, 0.15) is 16.6 Å². The van der Waals surface area contributed by atoms with E-state index >= 15 is 0 Å². The van der Waals surface area contributed by atoms with Gasteiger partial charge in [-0.3, -0.25) is 14.9 Å². The number of carbonyl (C=O) groups is 1. The van der Waals surface area contributed by atoms with Crippen LogP contribution in [0.3, 0.4) is 0 Å². The average Bonchev–Trinajstić information content (AvgIpc) is 2.77. The van der Waals surface area contributed by atoms with Crippen molar-refractivity contribution in [3.8, 4) is 10.8 Å². The molecule has 8 heteroatoms. The molecular weight excluding hydrogens is 353 g/mol. The molecule has 0 saturated carbocycles. The largest absolute Gasteiger partial charge is 0.439 e. The van der Waals surface area contributed by atoms with Crippen molar-refractivity contribution in [3.63, 3.8) is 0 Å². The summed E-state index contributed by atoms with van der Waals surface area (Å²) in [5.41, 5.74) is -0.295. The molecule has 0 radical (unpaired) electrons. The highest BCUT2D eigenvalue weighted by Gasteiger charge is 2.23. The predicted octanol–water partition coefficient (Wildman–Crippen LogP) is 4.55. The van der Waals surface area contributed by atoms with Gasteiger partial charge in [0.05, 0.1) is 14.3 Å². The van der Waals surface area contributed by atoms with Gasteiger partial charge in [0.2, 0.25) is 0 Å². The van der Waals surface area contributed by atoms with Crippen LogP contribution in [-0.2, 0) is 0 Å². The first-order chi connectivity index (χ1) is 9.38.